The Bertz CT molecular complexity index is 368. The summed E-state index contributed by atoms with van der Waals surface area (Å²) in [5.41, 5.74) is 7.25. The molecule has 100 valence electrons. The van der Waals surface area contributed by atoms with E-state index in [2.05, 4.69) is 26.1 Å². The van der Waals surface area contributed by atoms with Crippen molar-refractivity contribution in [1.29, 1.82) is 0 Å². The number of rotatable bonds is 5. The highest BCUT2D eigenvalue weighted by atomic mass is 16.1. The summed E-state index contributed by atoms with van der Waals surface area (Å²) in [4.78, 5) is 11.7. The third-order valence-corrected chi connectivity index (χ3v) is 2.73. The normalized spacial score (nSPS) is 13.1. The molecule has 1 atom stereocenters. The molecule has 3 nitrogen and oxygen atoms in total. The lowest BCUT2D eigenvalue weighted by Crippen LogP contribution is -2.32. The van der Waals surface area contributed by atoms with Crippen LogP contribution in [0.1, 0.15) is 45.2 Å². The number of nitrogens with two attached hydrogens (primary N) is 1. The van der Waals surface area contributed by atoms with Gasteiger partial charge in [-0.2, -0.15) is 0 Å². The minimum absolute atomic E-state index is 0.0633. The summed E-state index contributed by atoms with van der Waals surface area (Å²) in [5.74, 6) is 0.0799. The maximum atomic E-state index is 11.7. The fourth-order valence-electron chi connectivity index (χ4n) is 1.61. The monoisotopic (exact) mass is 248 g/mol. The second-order valence-electron chi connectivity index (χ2n) is 5.89. The molecule has 3 N–H and O–H groups in total. The molecular formula is C15H24N2O. The standard InChI is InChI=1S/C15H24N2O/c1-15(2,3)11-17-14(18)10-9-13(16)12-7-5-4-6-8-12/h4-8,13H,9-11,16H2,1-3H3,(H,17,18). The Morgan fingerprint density at radius 1 is 1.28 bits per heavy atom. The van der Waals surface area contributed by atoms with Crippen LogP contribution in [0.25, 0.3) is 0 Å². The van der Waals surface area contributed by atoms with E-state index in [0.717, 1.165) is 5.56 Å². The fraction of sp³-hybridized carbons (Fsp3) is 0.533. The Balaban J connectivity index is 2.31. The van der Waals surface area contributed by atoms with E-state index in [9.17, 15) is 4.79 Å². The van der Waals surface area contributed by atoms with Crippen LogP contribution in [-0.2, 0) is 4.79 Å². The van der Waals surface area contributed by atoms with Gasteiger partial charge < -0.3 is 11.1 Å². The average molecular weight is 248 g/mol. The molecule has 1 aromatic carbocycles. The molecule has 0 fully saturated rings. The second kappa shape index (κ2) is 6.55. The molecule has 1 rings (SSSR count). The summed E-state index contributed by atoms with van der Waals surface area (Å²) in [6.45, 7) is 7.00. The Morgan fingerprint density at radius 3 is 2.44 bits per heavy atom. The molecule has 0 radical (unpaired) electrons. The minimum atomic E-state index is -0.0633. The summed E-state index contributed by atoms with van der Waals surface area (Å²) in [6.07, 6.45) is 1.16. The van der Waals surface area contributed by atoms with Gasteiger partial charge in [0, 0.05) is 19.0 Å². The van der Waals surface area contributed by atoms with Gasteiger partial charge in [0.2, 0.25) is 5.91 Å². The average Bonchev–Trinajstić information content (AvgIpc) is 2.33. The molecule has 0 aliphatic heterocycles. The van der Waals surface area contributed by atoms with E-state index in [1.165, 1.54) is 0 Å². The summed E-state index contributed by atoms with van der Waals surface area (Å²) >= 11 is 0. The number of carbonyl (C=O) groups excluding carboxylic acids is 1. The first-order valence-electron chi connectivity index (χ1n) is 6.46. The lowest BCUT2D eigenvalue weighted by Gasteiger charge is -2.19. The predicted molar refractivity (Wildman–Crippen MR) is 75.1 cm³/mol. The topological polar surface area (TPSA) is 55.1 Å². The first kappa shape index (κ1) is 14.7. The van der Waals surface area contributed by atoms with Gasteiger partial charge in [-0.3, -0.25) is 4.79 Å². The van der Waals surface area contributed by atoms with Crippen LogP contribution in [0.5, 0.6) is 0 Å². The van der Waals surface area contributed by atoms with E-state index in [1.54, 1.807) is 0 Å². The van der Waals surface area contributed by atoms with Crippen LogP contribution in [0.15, 0.2) is 30.3 Å². The van der Waals surface area contributed by atoms with Crippen molar-refractivity contribution in [2.45, 2.75) is 39.7 Å². The molecule has 1 unspecified atom stereocenters. The van der Waals surface area contributed by atoms with Crippen molar-refractivity contribution in [1.82, 2.24) is 5.32 Å². The Hall–Kier alpha value is -1.35. The maximum Gasteiger partial charge on any atom is 0.220 e. The van der Waals surface area contributed by atoms with Crippen LogP contribution in [0.3, 0.4) is 0 Å². The van der Waals surface area contributed by atoms with Crippen LogP contribution in [0.2, 0.25) is 0 Å². The Kier molecular flexibility index (Phi) is 5.35. The van der Waals surface area contributed by atoms with Crippen molar-refractivity contribution in [3.63, 3.8) is 0 Å². The molecule has 0 spiro atoms. The summed E-state index contributed by atoms with van der Waals surface area (Å²) < 4.78 is 0. The zero-order valence-corrected chi connectivity index (χ0v) is 11.6. The second-order valence-corrected chi connectivity index (χ2v) is 5.89. The van der Waals surface area contributed by atoms with Crippen LogP contribution in [-0.4, -0.2) is 12.5 Å². The summed E-state index contributed by atoms with van der Waals surface area (Å²) in [6, 6.07) is 9.83. The maximum absolute atomic E-state index is 11.7. The first-order chi connectivity index (χ1) is 8.38. The number of hydrogen-bond acceptors (Lipinski definition) is 2. The molecule has 18 heavy (non-hydrogen) atoms. The molecule has 0 saturated heterocycles. The molecule has 1 aromatic rings. The third-order valence-electron chi connectivity index (χ3n) is 2.73. The van der Waals surface area contributed by atoms with Gasteiger partial charge in [0.05, 0.1) is 0 Å². The van der Waals surface area contributed by atoms with E-state index < -0.39 is 0 Å². The van der Waals surface area contributed by atoms with Crippen molar-refractivity contribution in [3.05, 3.63) is 35.9 Å². The lowest BCUT2D eigenvalue weighted by molar-refractivity contribution is -0.121. The van der Waals surface area contributed by atoms with Gasteiger partial charge >= 0.3 is 0 Å². The van der Waals surface area contributed by atoms with E-state index in [0.29, 0.717) is 19.4 Å². The Morgan fingerprint density at radius 2 is 1.89 bits per heavy atom. The quantitative estimate of drug-likeness (QED) is 0.841. The van der Waals surface area contributed by atoms with Gasteiger partial charge in [-0.15, -0.1) is 0 Å². The zero-order valence-electron chi connectivity index (χ0n) is 11.6. The Labute approximate surface area is 110 Å². The molecule has 0 aromatic heterocycles. The number of amides is 1. The smallest absolute Gasteiger partial charge is 0.220 e. The van der Waals surface area contributed by atoms with E-state index in [4.69, 9.17) is 5.73 Å². The number of carbonyl (C=O) groups is 1. The van der Waals surface area contributed by atoms with Crippen LogP contribution in [0.4, 0.5) is 0 Å². The van der Waals surface area contributed by atoms with Gasteiger partial charge in [-0.1, -0.05) is 51.1 Å². The zero-order chi connectivity index (χ0) is 13.6. The molecule has 3 heteroatoms. The molecule has 0 aliphatic rings. The summed E-state index contributed by atoms with van der Waals surface area (Å²) in [5, 5.41) is 2.93. The third kappa shape index (κ3) is 5.82. The predicted octanol–water partition coefficient (Wildman–Crippen LogP) is 2.63. The molecule has 1 amide bonds. The van der Waals surface area contributed by atoms with Gasteiger partial charge in [0.15, 0.2) is 0 Å². The number of hydrogen-bond donors (Lipinski definition) is 2. The van der Waals surface area contributed by atoms with Crippen molar-refractivity contribution in [2.24, 2.45) is 11.1 Å². The van der Waals surface area contributed by atoms with Crippen molar-refractivity contribution >= 4 is 5.91 Å². The molecule has 0 saturated carbocycles. The van der Waals surface area contributed by atoms with Crippen LogP contribution in [0, 0.1) is 5.41 Å². The molecule has 0 bridgehead atoms. The van der Waals surface area contributed by atoms with Crippen molar-refractivity contribution in [2.75, 3.05) is 6.54 Å². The molecule has 0 heterocycles. The SMILES string of the molecule is CC(C)(C)CNC(=O)CCC(N)c1ccccc1. The first-order valence-corrected chi connectivity index (χ1v) is 6.46. The van der Waals surface area contributed by atoms with E-state index in [1.807, 2.05) is 30.3 Å². The van der Waals surface area contributed by atoms with Crippen LogP contribution >= 0.6 is 0 Å². The highest BCUT2D eigenvalue weighted by molar-refractivity contribution is 5.75. The highest BCUT2D eigenvalue weighted by Gasteiger charge is 2.13. The lowest BCUT2D eigenvalue weighted by atomic mass is 9.97. The number of benzene rings is 1. The van der Waals surface area contributed by atoms with Crippen LogP contribution < -0.4 is 11.1 Å². The van der Waals surface area contributed by atoms with E-state index >= 15 is 0 Å². The highest BCUT2D eigenvalue weighted by Crippen LogP contribution is 2.15. The summed E-state index contributed by atoms with van der Waals surface area (Å²) in [7, 11) is 0. The van der Waals surface area contributed by atoms with Gasteiger partial charge in [0.1, 0.15) is 0 Å². The van der Waals surface area contributed by atoms with Crippen molar-refractivity contribution in [3.8, 4) is 0 Å². The molecular weight excluding hydrogens is 224 g/mol. The van der Waals surface area contributed by atoms with Gasteiger partial charge in [0.25, 0.3) is 0 Å². The minimum Gasteiger partial charge on any atom is -0.356 e. The van der Waals surface area contributed by atoms with E-state index in [-0.39, 0.29) is 17.4 Å². The van der Waals surface area contributed by atoms with Gasteiger partial charge in [-0.05, 0) is 17.4 Å². The van der Waals surface area contributed by atoms with Crippen molar-refractivity contribution < 1.29 is 4.79 Å². The number of nitrogens with one attached hydrogen (secondary N) is 1. The molecule has 0 aliphatic carbocycles. The fourth-order valence-corrected chi connectivity index (χ4v) is 1.61. The van der Waals surface area contributed by atoms with Gasteiger partial charge in [-0.25, -0.2) is 0 Å². The largest absolute Gasteiger partial charge is 0.356 e.